The van der Waals surface area contributed by atoms with Gasteiger partial charge in [0.2, 0.25) is 0 Å². The number of rotatable bonds is 5. The zero-order valence-corrected chi connectivity index (χ0v) is 16.3. The molecular formula is C22H23F2NO4. The first-order valence-electron chi connectivity index (χ1n) is 9.44. The zero-order chi connectivity index (χ0) is 21.2. The molecule has 2 aromatic rings. The molecule has 2 aromatic carbocycles. The molecule has 0 bridgehead atoms. The Morgan fingerprint density at radius 3 is 2.24 bits per heavy atom. The minimum Gasteiger partial charge on any atom is -0.478 e. The average Bonchev–Trinajstić information content (AvgIpc) is 2.68. The third-order valence-electron chi connectivity index (χ3n) is 5.18. The Balaban J connectivity index is 1.60. The van der Waals surface area contributed by atoms with E-state index in [0.717, 1.165) is 30.5 Å². The largest absolute Gasteiger partial charge is 0.478 e. The van der Waals surface area contributed by atoms with E-state index in [9.17, 15) is 18.4 Å². The summed E-state index contributed by atoms with van der Waals surface area (Å²) in [5.74, 6) is -2.33. The number of carbonyl (C=O) groups excluding carboxylic acids is 1. The van der Waals surface area contributed by atoms with Gasteiger partial charge in [-0.3, -0.25) is 4.79 Å². The van der Waals surface area contributed by atoms with Crippen LogP contribution in [-0.4, -0.2) is 40.6 Å². The van der Waals surface area contributed by atoms with Gasteiger partial charge in [0, 0.05) is 19.2 Å². The van der Waals surface area contributed by atoms with Crippen molar-refractivity contribution < 1.29 is 28.2 Å². The molecule has 1 saturated heterocycles. The van der Waals surface area contributed by atoms with Gasteiger partial charge < -0.3 is 14.7 Å². The Bertz CT molecular complexity index is 904. The lowest BCUT2D eigenvalue weighted by molar-refractivity contribution is -0.152. The van der Waals surface area contributed by atoms with Gasteiger partial charge in [-0.1, -0.05) is 12.1 Å². The minimum absolute atomic E-state index is 0.118. The van der Waals surface area contributed by atoms with Crippen molar-refractivity contribution >= 4 is 11.9 Å². The summed E-state index contributed by atoms with van der Waals surface area (Å²) in [7, 11) is 0. The predicted octanol–water partition coefficient (Wildman–Crippen LogP) is 4.23. The molecule has 0 atom stereocenters. The number of carboxylic acids is 1. The fraction of sp³-hybridized carbons (Fsp3) is 0.364. The van der Waals surface area contributed by atoms with Crippen molar-refractivity contribution in [2.45, 2.75) is 38.2 Å². The van der Waals surface area contributed by atoms with Crippen LogP contribution in [0, 0.1) is 11.6 Å². The van der Waals surface area contributed by atoms with Crippen molar-refractivity contribution in [2.75, 3.05) is 13.1 Å². The first kappa shape index (κ1) is 20.8. The molecule has 1 aliphatic heterocycles. The van der Waals surface area contributed by atoms with E-state index in [1.54, 1.807) is 17.0 Å². The topological polar surface area (TPSA) is 66.8 Å². The summed E-state index contributed by atoms with van der Waals surface area (Å²) in [5.41, 5.74) is -0.360. The molecular weight excluding hydrogens is 380 g/mol. The van der Waals surface area contributed by atoms with Crippen molar-refractivity contribution in [1.82, 2.24) is 4.90 Å². The van der Waals surface area contributed by atoms with Crippen LogP contribution in [0.4, 0.5) is 8.78 Å². The number of nitrogens with zero attached hydrogens (tertiary/aromatic N) is 1. The molecule has 1 amide bonds. The highest BCUT2D eigenvalue weighted by Crippen LogP contribution is 2.30. The number of carboxylic acid groups (broad SMARTS) is 1. The van der Waals surface area contributed by atoms with Crippen LogP contribution in [0.5, 0.6) is 5.75 Å². The molecule has 1 aliphatic rings. The first-order chi connectivity index (χ1) is 13.7. The number of aliphatic carboxylic acids is 1. The van der Waals surface area contributed by atoms with E-state index in [4.69, 9.17) is 9.84 Å². The number of halogens is 2. The predicted molar refractivity (Wildman–Crippen MR) is 103 cm³/mol. The van der Waals surface area contributed by atoms with Gasteiger partial charge in [0.1, 0.15) is 17.4 Å². The van der Waals surface area contributed by atoms with Gasteiger partial charge in [-0.2, -0.15) is 0 Å². The van der Waals surface area contributed by atoms with E-state index in [0.29, 0.717) is 18.8 Å². The lowest BCUT2D eigenvalue weighted by Gasteiger charge is -2.32. The molecule has 0 spiro atoms. The fourth-order valence-corrected chi connectivity index (χ4v) is 3.40. The molecule has 1 N–H and O–H groups in total. The van der Waals surface area contributed by atoms with Gasteiger partial charge >= 0.3 is 5.97 Å². The summed E-state index contributed by atoms with van der Waals surface area (Å²) in [6.45, 7) is 3.93. The maximum absolute atomic E-state index is 13.9. The van der Waals surface area contributed by atoms with Crippen molar-refractivity contribution in [3.8, 4) is 5.75 Å². The molecule has 0 aliphatic carbocycles. The molecule has 0 radical (unpaired) electrons. The number of piperidine rings is 1. The maximum atomic E-state index is 13.9. The number of hydrogen-bond acceptors (Lipinski definition) is 3. The molecule has 5 nitrogen and oxygen atoms in total. The molecule has 0 aromatic heterocycles. The van der Waals surface area contributed by atoms with E-state index in [2.05, 4.69) is 0 Å². The van der Waals surface area contributed by atoms with Crippen molar-refractivity contribution in [2.24, 2.45) is 0 Å². The maximum Gasteiger partial charge on any atom is 0.347 e. The summed E-state index contributed by atoms with van der Waals surface area (Å²) in [5, 5.41) is 9.14. The highest BCUT2D eigenvalue weighted by Gasteiger charge is 2.30. The summed E-state index contributed by atoms with van der Waals surface area (Å²) in [4.78, 5) is 25.3. The van der Waals surface area contributed by atoms with Crippen LogP contribution < -0.4 is 4.74 Å². The second kappa shape index (κ2) is 8.19. The van der Waals surface area contributed by atoms with Gasteiger partial charge in [-0.15, -0.1) is 0 Å². The zero-order valence-electron chi connectivity index (χ0n) is 16.3. The van der Waals surface area contributed by atoms with E-state index >= 15 is 0 Å². The van der Waals surface area contributed by atoms with Gasteiger partial charge in [-0.05, 0) is 62.4 Å². The number of amides is 1. The molecule has 3 rings (SSSR count). The Morgan fingerprint density at radius 2 is 1.69 bits per heavy atom. The Labute approximate surface area is 167 Å². The van der Waals surface area contributed by atoms with Gasteiger partial charge in [0.25, 0.3) is 5.91 Å². The lowest BCUT2D eigenvalue weighted by Crippen LogP contribution is -2.38. The van der Waals surface area contributed by atoms with Crippen LogP contribution in [0.15, 0.2) is 42.5 Å². The number of likely N-dealkylation sites (tertiary alicyclic amines) is 1. The fourth-order valence-electron chi connectivity index (χ4n) is 3.40. The molecule has 7 heteroatoms. The number of ether oxygens (including phenoxy) is 1. The van der Waals surface area contributed by atoms with Crippen molar-refractivity contribution in [3.05, 3.63) is 65.2 Å². The first-order valence-corrected chi connectivity index (χ1v) is 9.44. The highest BCUT2D eigenvalue weighted by molar-refractivity contribution is 5.94. The molecule has 0 unspecified atom stereocenters. The van der Waals surface area contributed by atoms with Crippen LogP contribution in [0.25, 0.3) is 0 Å². The minimum atomic E-state index is -1.32. The molecule has 1 heterocycles. The Morgan fingerprint density at radius 1 is 1.07 bits per heavy atom. The quantitative estimate of drug-likeness (QED) is 0.812. The van der Waals surface area contributed by atoms with Crippen LogP contribution in [0.2, 0.25) is 0 Å². The molecule has 154 valence electrons. The third kappa shape index (κ3) is 4.72. The molecule has 0 saturated carbocycles. The van der Waals surface area contributed by atoms with E-state index in [1.807, 2.05) is 12.1 Å². The number of benzene rings is 2. The van der Waals surface area contributed by atoms with Crippen molar-refractivity contribution in [3.63, 3.8) is 0 Å². The highest BCUT2D eigenvalue weighted by atomic mass is 19.1. The number of hydrogen-bond donors (Lipinski definition) is 1. The summed E-state index contributed by atoms with van der Waals surface area (Å²) in [6.07, 6.45) is 1.44. The Kier molecular flexibility index (Phi) is 5.86. The average molecular weight is 403 g/mol. The van der Waals surface area contributed by atoms with E-state index in [1.165, 1.54) is 19.9 Å². The van der Waals surface area contributed by atoms with Crippen molar-refractivity contribution in [1.29, 1.82) is 0 Å². The smallest absolute Gasteiger partial charge is 0.347 e. The Hall–Kier alpha value is -2.96. The second-order valence-corrected chi connectivity index (χ2v) is 7.68. The van der Waals surface area contributed by atoms with Gasteiger partial charge in [-0.25, -0.2) is 13.6 Å². The lowest BCUT2D eigenvalue weighted by atomic mass is 9.89. The monoisotopic (exact) mass is 403 g/mol. The van der Waals surface area contributed by atoms with Gasteiger partial charge in [0.15, 0.2) is 5.60 Å². The summed E-state index contributed by atoms with van der Waals surface area (Å²) in [6, 6.07) is 10.3. The van der Waals surface area contributed by atoms with Crippen LogP contribution >= 0.6 is 0 Å². The summed E-state index contributed by atoms with van der Waals surface area (Å²) < 4.78 is 32.4. The SMILES string of the molecule is CC(C)(Oc1ccc(C2CCN(C(=O)c3ccc(F)cc3F)CC2)cc1)C(=O)O. The molecule has 1 fully saturated rings. The van der Waals surface area contributed by atoms with Crippen LogP contribution in [0.1, 0.15) is 48.5 Å². The summed E-state index contributed by atoms with van der Waals surface area (Å²) >= 11 is 0. The normalized spacial score (nSPS) is 15.2. The van der Waals surface area contributed by atoms with E-state index in [-0.39, 0.29) is 11.5 Å². The van der Waals surface area contributed by atoms with Gasteiger partial charge in [0.05, 0.1) is 5.56 Å². The van der Waals surface area contributed by atoms with E-state index < -0.39 is 29.1 Å². The van der Waals surface area contributed by atoms with Crippen LogP contribution in [-0.2, 0) is 4.79 Å². The third-order valence-corrected chi connectivity index (χ3v) is 5.18. The van der Waals surface area contributed by atoms with Crippen LogP contribution in [0.3, 0.4) is 0 Å². The number of carbonyl (C=O) groups is 2. The standard InChI is InChI=1S/C22H23F2NO4/c1-22(2,21(27)28)29-17-6-3-14(4-7-17)15-9-11-25(12-10-15)20(26)18-8-5-16(23)13-19(18)24/h3-8,13,15H,9-12H2,1-2H3,(H,27,28). The molecule has 29 heavy (non-hydrogen) atoms. The second-order valence-electron chi connectivity index (χ2n) is 7.68.